The Bertz CT molecular complexity index is 1370. The van der Waals surface area contributed by atoms with Crippen LogP contribution in [0.5, 0.6) is 0 Å². The van der Waals surface area contributed by atoms with Crippen molar-refractivity contribution in [3.8, 4) is 0 Å². The summed E-state index contributed by atoms with van der Waals surface area (Å²) in [5, 5.41) is 7.76. The number of nitrogens with two attached hydrogens (primary N) is 1. The lowest BCUT2D eigenvalue weighted by atomic mass is 9.85. The van der Waals surface area contributed by atoms with E-state index in [4.69, 9.17) is 55.2 Å². The fourth-order valence-electron chi connectivity index (χ4n) is 5.36. The minimum absolute atomic E-state index is 0.00481. The molecule has 2 amide bonds. The van der Waals surface area contributed by atoms with Crippen molar-refractivity contribution in [3.63, 3.8) is 0 Å². The molecule has 5 rings (SSSR count). The highest BCUT2D eigenvalue weighted by Crippen LogP contribution is 2.40. The number of ether oxygens (including phenoxy) is 1. The van der Waals surface area contributed by atoms with Gasteiger partial charge in [0.15, 0.2) is 5.65 Å². The number of hydrogen-bond donors (Lipinski definition) is 3. The summed E-state index contributed by atoms with van der Waals surface area (Å²) in [6.45, 7) is 1.14. The summed E-state index contributed by atoms with van der Waals surface area (Å²) in [5.74, 6) is 0.507. The van der Waals surface area contributed by atoms with Gasteiger partial charge < -0.3 is 26.0 Å². The van der Waals surface area contributed by atoms with Crippen molar-refractivity contribution >= 4 is 75.6 Å². The third-order valence-electron chi connectivity index (χ3n) is 7.33. The largest absolute Gasteiger partial charge is 0.453 e. The maximum absolute atomic E-state index is 12.0. The number of rotatable bonds is 6. The van der Waals surface area contributed by atoms with Crippen molar-refractivity contribution in [1.82, 2.24) is 24.4 Å². The second-order valence-corrected chi connectivity index (χ2v) is 11.1. The standard InChI is InChI=1S/C25H29Cl3N8O3/c1-39-25(38)35-8-2-3-15(12-35)31-23-30-11-19-22(34-23)36(16-6-4-13(5-7-16)21(29)37)24(32-19)33-20-17(27)9-14(26)10-18(20)28/h9-11,13,15-16H,2-8,12H2,1H3,(H2,29,37)(H,32,33)(H,30,31,34)/t13-,15-,16-/m1/s1. The fraction of sp³-hybridized carbons (Fsp3) is 0.480. The number of nitrogens with one attached hydrogen (secondary N) is 2. The van der Waals surface area contributed by atoms with Crippen LogP contribution in [0.2, 0.25) is 15.1 Å². The molecular weight excluding hydrogens is 567 g/mol. The number of aromatic nitrogens is 4. The Morgan fingerprint density at radius 3 is 2.46 bits per heavy atom. The van der Waals surface area contributed by atoms with Gasteiger partial charge in [-0.3, -0.25) is 9.36 Å². The van der Waals surface area contributed by atoms with Gasteiger partial charge in [-0.1, -0.05) is 34.8 Å². The number of benzene rings is 1. The normalized spacial score (nSPS) is 21.5. The Kier molecular flexibility index (Phi) is 8.20. The van der Waals surface area contributed by atoms with Crippen molar-refractivity contribution in [3.05, 3.63) is 33.4 Å². The third-order valence-corrected chi connectivity index (χ3v) is 8.14. The van der Waals surface area contributed by atoms with E-state index in [1.807, 2.05) is 4.57 Å². The number of anilines is 3. The highest BCUT2D eigenvalue weighted by molar-refractivity contribution is 6.41. The van der Waals surface area contributed by atoms with Crippen molar-refractivity contribution in [2.75, 3.05) is 30.8 Å². The van der Waals surface area contributed by atoms with E-state index in [0.717, 1.165) is 25.7 Å². The predicted octanol–water partition coefficient (Wildman–Crippen LogP) is 5.39. The number of carbonyl (C=O) groups excluding carboxylic acids is 2. The van der Waals surface area contributed by atoms with Gasteiger partial charge in [-0.2, -0.15) is 4.98 Å². The molecule has 1 aliphatic heterocycles. The Morgan fingerprint density at radius 1 is 1.08 bits per heavy atom. The van der Waals surface area contributed by atoms with Gasteiger partial charge >= 0.3 is 6.09 Å². The number of primary amides is 1. The maximum Gasteiger partial charge on any atom is 0.409 e. The molecular formula is C25H29Cl3N8O3. The van der Waals surface area contributed by atoms with Crippen molar-refractivity contribution in [2.45, 2.75) is 50.6 Å². The summed E-state index contributed by atoms with van der Waals surface area (Å²) < 4.78 is 6.90. The van der Waals surface area contributed by atoms with Crippen molar-refractivity contribution in [1.29, 1.82) is 0 Å². The summed E-state index contributed by atoms with van der Waals surface area (Å²) in [6, 6.07) is 3.19. The molecule has 3 heterocycles. The van der Waals surface area contributed by atoms with E-state index in [-0.39, 0.29) is 30.0 Å². The second kappa shape index (κ2) is 11.6. The van der Waals surface area contributed by atoms with Crippen LogP contribution < -0.4 is 16.4 Å². The van der Waals surface area contributed by atoms with E-state index in [1.165, 1.54) is 7.11 Å². The van der Waals surface area contributed by atoms with Gasteiger partial charge in [0.2, 0.25) is 17.8 Å². The molecule has 208 valence electrons. The van der Waals surface area contributed by atoms with Crippen LogP contribution in [0.1, 0.15) is 44.6 Å². The lowest BCUT2D eigenvalue weighted by Gasteiger charge is -2.32. The average Bonchev–Trinajstić information content (AvgIpc) is 3.27. The zero-order valence-electron chi connectivity index (χ0n) is 21.3. The van der Waals surface area contributed by atoms with Crippen LogP contribution in [-0.2, 0) is 9.53 Å². The Balaban J connectivity index is 1.48. The molecule has 1 aliphatic carbocycles. The smallest absolute Gasteiger partial charge is 0.409 e. The molecule has 0 unspecified atom stereocenters. The number of methoxy groups -OCH3 is 1. The lowest BCUT2D eigenvalue weighted by molar-refractivity contribution is -0.122. The van der Waals surface area contributed by atoms with E-state index >= 15 is 0 Å². The molecule has 2 aliphatic rings. The Labute approximate surface area is 240 Å². The number of carbonyl (C=O) groups is 2. The topological polar surface area (TPSA) is 140 Å². The molecule has 14 heteroatoms. The van der Waals surface area contributed by atoms with Crippen LogP contribution in [-0.4, -0.2) is 62.7 Å². The van der Waals surface area contributed by atoms with Crippen LogP contribution in [0.15, 0.2) is 18.3 Å². The van der Waals surface area contributed by atoms with E-state index in [1.54, 1.807) is 23.2 Å². The number of imidazole rings is 1. The lowest BCUT2D eigenvalue weighted by Crippen LogP contribution is -2.45. The average molecular weight is 596 g/mol. The summed E-state index contributed by atoms with van der Waals surface area (Å²) in [7, 11) is 1.38. The molecule has 1 aromatic carbocycles. The van der Waals surface area contributed by atoms with Gasteiger partial charge in [0.25, 0.3) is 0 Å². The van der Waals surface area contributed by atoms with Crippen LogP contribution in [0, 0.1) is 5.92 Å². The first-order chi connectivity index (χ1) is 18.7. The molecule has 1 atom stereocenters. The molecule has 0 spiro atoms. The third kappa shape index (κ3) is 5.95. The Hall–Kier alpha value is -3.02. The molecule has 2 aromatic heterocycles. The van der Waals surface area contributed by atoms with Gasteiger partial charge in [0, 0.05) is 36.1 Å². The highest BCUT2D eigenvalue weighted by Gasteiger charge is 2.30. The van der Waals surface area contributed by atoms with Crippen LogP contribution in [0.4, 0.5) is 22.4 Å². The van der Waals surface area contributed by atoms with Crippen LogP contribution >= 0.6 is 34.8 Å². The molecule has 4 N–H and O–H groups in total. The monoisotopic (exact) mass is 594 g/mol. The molecule has 2 fully saturated rings. The van der Waals surface area contributed by atoms with Gasteiger partial charge in [-0.05, 0) is 50.7 Å². The first-order valence-electron chi connectivity index (χ1n) is 12.8. The molecule has 0 bridgehead atoms. The number of halogens is 3. The summed E-state index contributed by atoms with van der Waals surface area (Å²) in [6.07, 6.45) is 5.80. The van der Waals surface area contributed by atoms with Crippen molar-refractivity contribution < 1.29 is 14.3 Å². The number of amides is 2. The summed E-state index contributed by atoms with van der Waals surface area (Å²) in [5.41, 5.74) is 7.26. The minimum atomic E-state index is -0.349. The molecule has 1 saturated heterocycles. The van der Waals surface area contributed by atoms with E-state index in [9.17, 15) is 9.59 Å². The molecule has 1 saturated carbocycles. The number of hydrogen-bond acceptors (Lipinski definition) is 8. The number of nitrogens with zero attached hydrogens (tertiary/aromatic N) is 5. The zero-order chi connectivity index (χ0) is 27.7. The Morgan fingerprint density at radius 2 is 1.79 bits per heavy atom. The van der Waals surface area contributed by atoms with Gasteiger partial charge in [-0.15, -0.1) is 0 Å². The van der Waals surface area contributed by atoms with Crippen LogP contribution in [0.3, 0.4) is 0 Å². The molecule has 3 aromatic rings. The first kappa shape index (κ1) is 27.5. The van der Waals surface area contributed by atoms with Gasteiger partial charge in [-0.25, -0.2) is 14.8 Å². The van der Waals surface area contributed by atoms with Gasteiger partial charge in [0.1, 0.15) is 5.52 Å². The second-order valence-electron chi connectivity index (χ2n) is 9.88. The van der Waals surface area contributed by atoms with E-state index < -0.39 is 0 Å². The maximum atomic E-state index is 12.0. The minimum Gasteiger partial charge on any atom is -0.453 e. The SMILES string of the molecule is COC(=O)N1CCC[C@@H](Nc2ncc3nc(Nc4c(Cl)cc(Cl)cc4Cl)n([C@H]4CC[C@H](C(N)=O)CC4)c3n2)C1. The molecule has 11 nitrogen and oxygen atoms in total. The van der Waals surface area contributed by atoms with Crippen LogP contribution in [0.25, 0.3) is 11.2 Å². The quantitative estimate of drug-likeness (QED) is 0.345. The number of likely N-dealkylation sites (tertiary alicyclic amines) is 1. The number of piperidine rings is 1. The fourth-order valence-corrected chi connectivity index (χ4v) is 6.27. The number of fused-ring (bicyclic) bond motifs is 1. The summed E-state index contributed by atoms with van der Waals surface area (Å²) in [4.78, 5) is 39.5. The first-order valence-corrected chi connectivity index (χ1v) is 13.9. The summed E-state index contributed by atoms with van der Waals surface area (Å²) >= 11 is 19.0. The predicted molar refractivity (Wildman–Crippen MR) is 151 cm³/mol. The highest BCUT2D eigenvalue weighted by atomic mass is 35.5. The molecule has 0 radical (unpaired) electrons. The van der Waals surface area contributed by atoms with E-state index in [2.05, 4.69) is 15.6 Å². The van der Waals surface area contributed by atoms with Gasteiger partial charge in [0.05, 0.1) is 29.0 Å². The van der Waals surface area contributed by atoms with Crippen molar-refractivity contribution in [2.24, 2.45) is 11.7 Å². The molecule has 39 heavy (non-hydrogen) atoms. The van der Waals surface area contributed by atoms with E-state index in [0.29, 0.717) is 69.7 Å². The zero-order valence-corrected chi connectivity index (χ0v) is 23.6.